The second-order valence-electron chi connectivity index (χ2n) is 6.86. The van der Waals surface area contributed by atoms with Gasteiger partial charge in [0, 0.05) is 11.3 Å². The summed E-state index contributed by atoms with van der Waals surface area (Å²) in [6.07, 6.45) is 0. The number of carbonyl (C=O) groups is 1. The average molecular weight is 476 g/mol. The summed E-state index contributed by atoms with van der Waals surface area (Å²) >= 11 is 0. The van der Waals surface area contributed by atoms with Crippen LogP contribution in [-0.2, 0) is 20.0 Å². The molecule has 0 unspecified atom stereocenters. The maximum Gasteiger partial charge on any atom is 0.261 e. The Kier molecular flexibility index (Phi) is 6.53. The molecule has 0 heterocycles. The predicted octanol–water partition coefficient (Wildman–Crippen LogP) is 2.70. The van der Waals surface area contributed by atoms with Crippen molar-refractivity contribution in [1.29, 1.82) is 0 Å². The number of nitrogens with one attached hydrogen (secondary N) is 2. The van der Waals surface area contributed by atoms with Gasteiger partial charge in [0.15, 0.2) is 0 Å². The molecule has 168 valence electrons. The topological polar surface area (TPSA) is 145 Å². The first-order valence-corrected chi connectivity index (χ1v) is 12.2. The molecule has 0 bridgehead atoms. The zero-order chi connectivity index (χ0) is 23.5. The first kappa shape index (κ1) is 23.3. The van der Waals surface area contributed by atoms with E-state index in [1.165, 1.54) is 49.6 Å². The average Bonchev–Trinajstić information content (AvgIpc) is 2.73. The molecule has 0 atom stereocenters. The van der Waals surface area contributed by atoms with Gasteiger partial charge in [-0.2, -0.15) is 0 Å². The molecule has 9 nitrogen and oxygen atoms in total. The Morgan fingerprint density at radius 3 is 2.03 bits per heavy atom. The summed E-state index contributed by atoms with van der Waals surface area (Å²) < 4.78 is 55.9. The van der Waals surface area contributed by atoms with Crippen LogP contribution in [0.4, 0.5) is 11.4 Å². The van der Waals surface area contributed by atoms with Gasteiger partial charge in [0.1, 0.15) is 5.75 Å². The van der Waals surface area contributed by atoms with E-state index in [0.717, 1.165) is 5.56 Å². The third-order valence-corrected chi connectivity index (χ3v) is 6.79. The quantitative estimate of drug-likeness (QED) is 0.479. The third kappa shape index (κ3) is 5.44. The first-order valence-electron chi connectivity index (χ1n) is 9.21. The zero-order valence-electron chi connectivity index (χ0n) is 17.2. The highest BCUT2D eigenvalue weighted by Gasteiger charge is 2.19. The molecule has 0 aliphatic heterocycles. The smallest absolute Gasteiger partial charge is 0.261 e. The molecule has 0 aromatic heterocycles. The van der Waals surface area contributed by atoms with Gasteiger partial charge in [-0.05, 0) is 61.5 Å². The van der Waals surface area contributed by atoms with Crippen LogP contribution in [0.3, 0.4) is 0 Å². The molecule has 0 aliphatic carbocycles. The van der Waals surface area contributed by atoms with E-state index in [-0.39, 0.29) is 26.9 Å². The van der Waals surface area contributed by atoms with Gasteiger partial charge in [0.25, 0.3) is 15.9 Å². The molecule has 1 amide bonds. The fourth-order valence-electron chi connectivity index (χ4n) is 2.78. The van der Waals surface area contributed by atoms with Crippen molar-refractivity contribution in [3.63, 3.8) is 0 Å². The van der Waals surface area contributed by atoms with Crippen LogP contribution in [0.15, 0.2) is 76.5 Å². The molecular weight excluding hydrogens is 454 g/mol. The number of hydrogen-bond donors (Lipinski definition) is 3. The molecule has 0 spiro atoms. The standard InChI is InChI=1S/C21H21N3O6S2/c1-14-3-5-15(6-4-14)21(25)23-19-13-18(11-12-20(19)30-2)32(28,29)24-16-7-9-17(10-8-16)31(22,26)27/h3-13,24H,1-2H3,(H,23,25)(H2,22,26,27). The Bertz CT molecular complexity index is 1350. The first-order chi connectivity index (χ1) is 15.0. The largest absolute Gasteiger partial charge is 0.495 e. The summed E-state index contributed by atoms with van der Waals surface area (Å²) in [6, 6.07) is 15.8. The van der Waals surface area contributed by atoms with Crippen molar-refractivity contribution in [2.24, 2.45) is 5.14 Å². The van der Waals surface area contributed by atoms with Crippen LogP contribution in [0.1, 0.15) is 15.9 Å². The second-order valence-corrected chi connectivity index (χ2v) is 10.1. The lowest BCUT2D eigenvalue weighted by molar-refractivity contribution is 0.102. The fourth-order valence-corrected chi connectivity index (χ4v) is 4.38. The van der Waals surface area contributed by atoms with Crippen LogP contribution >= 0.6 is 0 Å². The molecule has 0 saturated carbocycles. The van der Waals surface area contributed by atoms with Gasteiger partial charge >= 0.3 is 0 Å². The van der Waals surface area contributed by atoms with Crippen LogP contribution in [-0.4, -0.2) is 29.9 Å². The maximum absolute atomic E-state index is 12.8. The minimum absolute atomic E-state index is 0.131. The van der Waals surface area contributed by atoms with Gasteiger partial charge < -0.3 is 10.1 Å². The highest BCUT2D eigenvalue weighted by atomic mass is 32.2. The van der Waals surface area contributed by atoms with Crippen molar-refractivity contribution in [1.82, 2.24) is 0 Å². The summed E-state index contributed by atoms with van der Waals surface area (Å²) in [5.74, 6) is -0.147. The summed E-state index contributed by atoms with van der Waals surface area (Å²) in [5, 5.41) is 7.71. The molecule has 32 heavy (non-hydrogen) atoms. The van der Waals surface area contributed by atoms with Gasteiger partial charge in [0.05, 0.1) is 22.6 Å². The highest BCUT2D eigenvalue weighted by molar-refractivity contribution is 7.92. The van der Waals surface area contributed by atoms with Crippen LogP contribution in [0.5, 0.6) is 5.75 Å². The Morgan fingerprint density at radius 2 is 1.47 bits per heavy atom. The monoisotopic (exact) mass is 475 g/mol. The number of nitrogens with two attached hydrogens (primary N) is 1. The van der Waals surface area contributed by atoms with Crippen LogP contribution < -0.4 is 19.9 Å². The maximum atomic E-state index is 12.8. The number of benzene rings is 3. The molecule has 0 radical (unpaired) electrons. The van der Waals surface area contributed by atoms with Crippen molar-refractivity contribution < 1.29 is 26.4 Å². The van der Waals surface area contributed by atoms with Gasteiger partial charge in [-0.15, -0.1) is 0 Å². The Labute approximate surface area is 186 Å². The molecule has 0 fully saturated rings. The number of carbonyl (C=O) groups excluding carboxylic acids is 1. The number of sulfonamides is 2. The summed E-state index contributed by atoms with van der Waals surface area (Å²) in [5.41, 5.74) is 1.71. The Balaban J connectivity index is 1.87. The highest BCUT2D eigenvalue weighted by Crippen LogP contribution is 2.29. The van der Waals surface area contributed by atoms with Crippen LogP contribution in [0.25, 0.3) is 0 Å². The van der Waals surface area contributed by atoms with E-state index in [1.54, 1.807) is 24.3 Å². The number of amides is 1. The number of rotatable bonds is 7. The number of anilines is 2. The van der Waals surface area contributed by atoms with E-state index in [1.807, 2.05) is 6.92 Å². The lowest BCUT2D eigenvalue weighted by Crippen LogP contribution is -2.16. The van der Waals surface area contributed by atoms with Crippen molar-refractivity contribution in [3.8, 4) is 5.75 Å². The number of ether oxygens (including phenoxy) is 1. The zero-order valence-corrected chi connectivity index (χ0v) is 18.8. The molecule has 3 rings (SSSR count). The molecule has 0 saturated heterocycles. The second kappa shape index (κ2) is 8.99. The van der Waals surface area contributed by atoms with Gasteiger partial charge in [-0.25, -0.2) is 22.0 Å². The molecular formula is C21H21N3O6S2. The SMILES string of the molecule is COc1ccc(S(=O)(=O)Nc2ccc(S(N)(=O)=O)cc2)cc1NC(=O)c1ccc(C)cc1. The van der Waals surface area contributed by atoms with Crippen LogP contribution in [0.2, 0.25) is 0 Å². The Morgan fingerprint density at radius 1 is 0.875 bits per heavy atom. The van der Waals surface area contributed by atoms with Crippen molar-refractivity contribution in [3.05, 3.63) is 77.9 Å². The predicted molar refractivity (Wildman–Crippen MR) is 121 cm³/mol. The molecule has 4 N–H and O–H groups in total. The lowest BCUT2D eigenvalue weighted by Gasteiger charge is -2.14. The van der Waals surface area contributed by atoms with E-state index in [4.69, 9.17) is 9.88 Å². The summed E-state index contributed by atoms with van der Waals surface area (Å²) in [7, 11) is -6.55. The van der Waals surface area contributed by atoms with E-state index >= 15 is 0 Å². The van der Waals surface area contributed by atoms with E-state index in [9.17, 15) is 21.6 Å². The minimum Gasteiger partial charge on any atom is -0.495 e. The van der Waals surface area contributed by atoms with Gasteiger partial charge in [-0.1, -0.05) is 17.7 Å². The number of primary sulfonamides is 1. The number of methoxy groups -OCH3 is 1. The lowest BCUT2D eigenvalue weighted by atomic mass is 10.1. The molecule has 11 heteroatoms. The van der Waals surface area contributed by atoms with Crippen molar-refractivity contribution >= 4 is 37.3 Å². The molecule has 3 aromatic carbocycles. The van der Waals surface area contributed by atoms with E-state index in [2.05, 4.69) is 10.0 Å². The van der Waals surface area contributed by atoms with E-state index in [0.29, 0.717) is 5.56 Å². The number of hydrogen-bond acceptors (Lipinski definition) is 6. The van der Waals surface area contributed by atoms with Gasteiger partial charge in [0.2, 0.25) is 10.0 Å². The van der Waals surface area contributed by atoms with Crippen LogP contribution in [0, 0.1) is 6.92 Å². The third-order valence-electron chi connectivity index (χ3n) is 4.48. The minimum atomic E-state index is -4.05. The van der Waals surface area contributed by atoms with Gasteiger partial charge in [-0.3, -0.25) is 9.52 Å². The molecule has 3 aromatic rings. The molecule has 0 aliphatic rings. The summed E-state index contributed by atoms with van der Waals surface area (Å²) in [4.78, 5) is 12.3. The van der Waals surface area contributed by atoms with Crippen molar-refractivity contribution in [2.75, 3.05) is 17.1 Å². The Hall–Kier alpha value is -3.41. The van der Waals surface area contributed by atoms with E-state index < -0.39 is 26.0 Å². The normalized spacial score (nSPS) is 11.6. The summed E-state index contributed by atoms with van der Waals surface area (Å²) in [6.45, 7) is 1.90. The fraction of sp³-hybridized carbons (Fsp3) is 0.0952. The number of aryl methyl sites for hydroxylation is 1. The van der Waals surface area contributed by atoms with Crippen molar-refractivity contribution in [2.45, 2.75) is 16.7 Å².